The van der Waals surface area contributed by atoms with E-state index in [-0.39, 0.29) is 89.4 Å². The van der Waals surface area contributed by atoms with Crippen LogP contribution in [0.15, 0.2) is 30.5 Å². The number of pyridine rings is 1. The van der Waals surface area contributed by atoms with E-state index in [1.807, 2.05) is 4.90 Å². The Balaban J connectivity index is 1.41. The van der Waals surface area contributed by atoms with Crippen LogP contribution in [0.2, 0.25) is 16.6 Å². The Bertz CT molecular complexity index is 2580. The highest BCUT2D eigenvalue weighted by Crippen LogP contribution is 2.45. The molecule has 0 radical (unpaired) electrons. The van der Waals surface area contributed by atoms with E-state index in [1.54, 1.807) is 43.9 Å². The lowest BCUT2D eigenvalue weighted by Gasteiger charge is -2.49. The zero-order valence-corrected chi connectivity index (χ0v) is 42.1. The summed E-state index contributed by atoms with van der Waals surface area (Å²) < 4.78 is 87.2. The lowest BCUT2D eigenvalue weighted by Crippen LogP contribution is -2.66. The van der Waals surface area contributed by atoms with Gasteiger partial charge in [0.25, 0.3) is 0 Å². The zero-order chi connectivity index (χ0) is 50.9. The second kappa shape index (κ2) is 20.5. The molecule has 16 heteroatoms. The topological polar surface area (TPSA) is 124 Å². The van der Waals surface area contributed by atoms with Gasteiger partial charge in [-0.2, -0.15) is 9.97 Å². The van der Waals surface area contributed by atoms with Crippen LogP contribution < -0.4 is 19.7 Å². The Kier molecular flexibility index (Phi) is 14.1. The van der Waals surface area contributed by atoms with E-state index in [2.05, 4.69) is 70.1 Å². The molecular formula is C51H71F2N7O6Si. The average Bonchev–Trinajstić information content (AvgIpc) is 3.52. The lowest BCUT2D eigenvalue weighted by atomic mass is 9.95. The molecule has 67 heavy (non-hydrogen) atoms. The maximum atomic E-state index is 18.1. The molecule has 3 atom stereocenters. The van der Waals surface area contributed by atoms with Crippen molar-refractivity contribution < 1.29 is 41.4 Å². The van der Waals surface area contributed by atoms with Crippen LogP contribution in [0.5, 0.6) is 11.8 Å². The number of methoxy groups -OCH3 is 2. The van der Waals surface area contributed by atoms with Gasteiger partial charge in [0, 0.05) is 83.0 Å². The maximum absolute atomic E-state index is 18.1. The van der Waals surface area contributed by atoms with Gasteiger partial charge >= 0.3 is 12.1 Å². The fraction of sp³-hybridized carbons (Fsp3) is 0.608. The predicted molar refractivity (Wildman–Crippen MR) is 263 cm³/mol. The Hall–Kier alpha value is -4.66. The molecule has 2 aromatic carbocycles. The number of benzene rings is 2. The summed E-state index contributed by atoms with van der Waals surface area (Å²) in [7, 11) is -3.61. The smallest absolute Gasteiger partial charge is 0.411 e. The van der Waals surface area contributed by atoms with Gasteiger partial charge in [0.05, 0.1) is 39.9 Å². The van der Waals surface area contributed by atoms with Gasteiger partial charge in [-0.3, -0.25) is 9.88 Å². The van der Waals surface area contributed by atoms with Crippen LogP contribution in [0.3, 0.4) is 0 Å². The third-order valence-electron chi connectivity index (χ3n) is 13.8. The Labute approximate surface area is 400 Å². The zero-order valence-electron chi connectivity index (χ0n) is 44.1. The molecule has 1 amide bonds. The molecule has 0 spiro atoms. The van der Waals surface area contributed by atoms with E-state index in [0.717, 1.165) is 32.7 Å². The first kappa shape index (κ1) is 46.1. The van der Waals surface area contributed by atoms with Crippen molar-refractivity contribution >= 4 is 41.7 Å². The number of carbonyl (C=O) groups excluding carboxylic acids is 1. The Morgan fingerprint density at radius 2 is 1.76 bits per heavy atom. The van der Waals surface area contributed by atoms with Crippen molar-refractivity contribution in [2.24, 2.45) is 5.92 Å². The molecule has 0 saturated carbocycles. The van der Waals surface area contributed by atoms with Crippen molar-refractivity contribution in [2.45, 2.75) is 116 Å². The Morgan fingerprint density at radius 1 is 1.03 bits per heavy atom. The van der Waals surface area contributed by atoms with Crippen molar-refractivity contribution in [1.82, 2.24) is 30.1 Å². The number of rotatable bonds is 15. The van der Waals surface area contributed by atoms with Crippen LogP contribution in [-0.2, 0) is 14.2 Å². The van der Waals surface area contributed by atoms with E-state index in [1.165, 1.54) is 19.4 Å². The van der Waals surface area contributed by atoms with Crippen molar-refractivity contribution in [3.8, 4) is 34.5 Å². The molecule has 4 aromatic rings. The molecule has 2 aromatic heterocycles. The average molecular weight is 947 g/mol. The number of fused-ring (bicyclic) bond motifs is 4. The van der Waals surface area contributed by atoms with E-state index in [9.17, 15) is 4.79 Å². The van der Waals surface area contributed by atoms with E-state index < -0.39 is 50.0 Å². The summed E-state index contributed by atoms with van der Waals surface area (Å²) >= 11 is 0. The number of anilines is 1. The standard InChI is InChI=1S/C51H71F2N7O6Si/c1-32(2)67(33(3)4,34(5)6)22-16-39-42(52)14-13-36-23-38(65-31-63-12)24-40(43(36)39)45-44(53)46-41(25-55-45)47(57-48(56-46)64-28-35(7)26-58-20-18-54-19-21-58)59-27-37-15-17-51(29-59,30-62-11)60(37)49(61)66-50(8,9)10/h13-14,23-25,32-35,37,54H,15,17-21,26-31H2,1-12H3/t35-,37?,51?/m1/s1/i11D3. The van der Waals surface area contributed by atoms with Gasteiger partial charge < -0.3 is 38.8 Å². The van der Waals surface area contributed by atoms with Crippen molar-refractivity contribution in [3.05, 3.63) is 47.7 Å². The number of nitrogens with one attached hydrogen (secondary N) is 1. The SMILES string of the molecule is [2H]C([2H])([2H])OCC12CCC(CN(c3nc(OC[C@H](C)CN4CCNCC4)nc4c(F)c(-c5cc(OCOC)cc6ccc(F)c(C#C[Si](C(C)C)(C(C)C)C(C)C)c56)ncc34)C1)N2C(=O)OC(C)(C)C. The monoisotopic (exact) mass is 947 g/mol. The third kappa shape index (κ3) is 10.4. The van der Waals surface area contributed by atoms with E-state index in [0.29, 0.717) is 35.2 Å². The largest absolute Gasteiger partial charge is 0.468 e. The summed E-state index contributed by atoms with van der Waals surface area (Å²) in [5, 5.41) is 4.58. The van der Waals surface area contributed by atoms with Gasteiger partial charge in [0.2, 0.25) is 0 Å². The first-order valence-corrected chi connectivity index (χ1v) is 25.9. The number of carbonyl (C=O) groups is 1. The number of nitrogens with zero attached hydrogens (tertiary/aromatic N) is 6. The molecule has 0 aliphatic carbocycles. The van der Waals surface area contributed by atoms with Gasteiger partial charge in [0.15, 0.2) is 12.6 Å². The number of aromatic nitrogens is 3. The first-order chi connectivity index (χ1) is 33.0. The normalized spacial score (nSPS) is 20.5. The molecular weight excluding hydrogens is 873 g/mol. The lowest BCUT2D eigenvalue weighted by molar-refractivity contribution is -0.0261. The predicted octanol–water partition coefficient (Wildman–Crippen LogP) is 9.20. The molecule has 1 N–H and O–H groups in total. The van der Waals surface area contributed by atoms with Crippen LogP contribution in [0.1, 0.15) is 91.8 Å². The quantitative estimate of drug-likeness (QED) is 0.0695. The number of hydrogen-bond donors (Lipinski definition) is 1. The van der Waals surface area contributed by atoms with E-state index >= 15 is 8.78 Å². The van der Waals surface area contributed by atoms with Gasteiger partial charge in [-0.05, 0) is 73.8 Å². The molecule has 364 valence electrons. The summed E-state index contributed by atoms with van der Waals surface area (Å²) in [5.41, 5.74) is 2.71. The molecule has 3 aliphatic rings. The van der Waals surface area contributed by atoms with Crippen LogP contribution >= 0.6 is 0 Å². The van der Waals surface area contributed by atoms with Crippen molar-refractivity contribution in [3.63, 3.8) is 0 Å². The highest BCUT2D eigenvalue weighted by atomic mass is 28.3. The van der Waals surface area contributed by atoms with Crippen LogP contribution in [0.25, 0.3) is 32.9 Å². The van der Waals surface area contributed by atoms with Gasteiger partial charge in [0.1, 0.15) is 42.3 Å². The summed E-state index contributed by atoms with van der Waals surface area (Å²) in [6.07, 6.45) is 1.87. The number of ether oxygens (including phenoxy) is 5. The number of hydrogen-bond acceptors (Lipinski definition) is 12. The summed E-state index contributed by atoms with van der Waals surface area (Å²) in [4.78, 5) is 34.3. The fourth-order valence-electron chi connectivity index (χ4n) is 10.9. The first-order valence-electron chi connectivity index (χ1n) is 25.2. The fourth-order valence-corrected chi connectivity index (χ4v) is 16.1. The number of amides is 1. The van der Waals surface area contributed by atoms with Crippen molar-refractivity contribution in [2.75, 3.05) is 84.9 Å². The minimum absolute atomic E-state index is 0.0618. The van der Waals surface area contributed by atoms with Crippen LogP contribution in [0, 0.1) is 29.0 Å². The van der Waals surface area contributed by atoms with E-state index in [4.69, 9.17) is 42.7 Å². The Morgan fingerprint density at radius 3 is 2.43 bits per heavy atom. The summed E-state index contributed by atoms with van der Waals surface area (Å²) in [6, 6.07) is 5.87. The highest BCUT2D eigenvalue weighted by molar-refractivity contribution is 6.90. The van der Waals surface area contributed by atoms with Gasteiger partial charge in [-0.1, -0.05) is 60.5 Å². The second-order valence-corrected chi connectivity index (χ2v) is 26.2. The molecule has 13 nitrogen and oxygen atoms in total. The number of halogens is 2. The van der Waals surface area contributed by atoms with Gasteiger partial charge in [-0.25, -0.2) is 13.6 Å². The minimum atomic E-state index is -2.74. The molecule has 7 rings (SSSR count). The number of piperazine rings is 2. The molecule has 3 saturated heterocycles. The third-order valence-corrected chi connectivity index (χ3v) is 20.1. The molecule has 3 fully saturated rings. The molecule has 3 aliphatic heterocycles. The second-order valence-electron chi connectivity index (χ2n) is 20.6. The summed E-state index contributed by atoms with van der Waals surface area (Å²) in [6.45, 7) is 25.1. The summed E-state index contributed by atoms with van der Waals surface area (Å²) in [5.74, 6) is 2.68. The molecule has 2 bridgehead atoms. The minimum Gasteiger partial charge on any atom is -0.468 e. The maximum Gasteiger partial charge on any atom is 0.411 e. The van der Waals surface area contributed by atoms with Gasteiger partial charge in [-0.15, -0.1) is 5.54 Å². The highest BCUT2D eigenvalue weighted by Gasteiger charge is 2.55. The van der Waals surface area contributed by atoms with Crippen LogP contribution in [-0.4, -0.2) is 136 Å². The molecule has 2 unspecified atom stereocenters. The van der Waals surface area contributed by atoms with Crippen LogP contribution in [0.4, 0.5) is 19.4 Å². The van der Waals surface area contributed by atoms with Crippen molar-refractivity contribution in [1.29, 1.82) is 0 Å². The molecule has 5 heterocycles.